The van der Waals surface area contributed by atoms with E-state index in [1.807, 2.05) is 19.1 Å². The van der Waals surface area contributed by atoms with E-state index in [0.29, 0.717) is 4.90 Å². The number of nitrogens with zero attached hydrogens (tertiary/aromatic N) is 1. The fraction of sp³-hybridized carbons (Fsp3) is 0.769. The van der Waals surface area contributed by atoms with Crippen molar-refractivity contribution in [2.75, 3.05) is 32.9 Å². The highest BCUT2D eigenvalue weighted by atomic mass is 79.9. The fourth-order valence-electron chi connectivity index (χ4n) is 4.07. The van der Waals surface area contributed by atoms with E-state index in [2.05, 4.69) is 21.0 Å². The van der Waals surface area contributed by atoms with E-state index in [-0.39, 0.29) is 22.7 Å². The first kappa shape index (κ1) is 30.6. The van der Waals surface area contributed by atoms with Crippen molar-refractivity contribution in [1.82, 2.24) is 0 Å². The van der Waals surface area contributed by atoms with Gasteiger partial charge in [0.05, 0.1) is 37.8 Å². The molecule has 0 N–H and O–H groups in total. The van der Waals surface area contributed by atoms with E-state index >= 15 is 0 Å². The van der Waals surface area contributed by atoms with Gasteiger partial charge in [-0.2, -0.15) is 0 Å². The number of halogens is 1. The second kappa shape index (κ2) is 17.1. The van der Waals surface area contributed by atoms with Crippen molar-refractivity contribution >= 4 is 9.84 Å². The van der Waals surface area contributed by atoms with E-state index in [9.17, 15) is 8.42 Å². The van der Waals surface area contributed by atoms with Gasteiger partial charge >= 0.3 is 0 Å². The normalized spacial score (nSPS) is 12.0. The zero-order chi connectivity index (χ0) is 22.3. The summed E-state index contributed by atoms with van der Waals surface area (Å²) in [6.45, 7) is 6.59. The van der Waals surface area contributed by atoms with E-state index in [4.69, 9.17) is 0 Å². The predicted octanol–water partition coefficient (Wildman–Crippen LogP) is 3.94. The molecule has 0 aliphatic carbocycles. The smallest absolute Gasteiger partial charge is 0.178 e. The highest BCUT2D eigenvalue weighted by Gasteiger charge is 2.16. The summed E-state index contributed by atoms with van der Waals surface area (Å²) < 4.78 is 26.0. The van der Waals surface area contributed by atoms with Gasteiger partial charge in [0.1, 0.15) is 0 Å². The summed E-state index contributed by atoms with van der Waals surface area (Å²) in [4.78, 5) is 0.472. The number of quaternary nitrogens is 1. The van der Waals surface area contributed by atoms with Gasteiger partial charge in [0.15, 0.2) is 9.84 Å². The summed E-state index contributed by atoms with van der Waals surface area (Å²) in [7, 11) is 1.50. The number of hydrogen-bond donors (Lipinski definition) is 0. The van der Waals surface area contributed by atoms with Crippen LogP contribution in [0.5, 0.6) is 0 Å². The Bertz CT molecular complexity index is 674. The van der Waals surface area contributed by atoms with Crippen molar-refractivity contribution in [3.8, 4) is 0 Å². The van der Waals surface area contributed by atoms with E-state index < -0.39 is 9.84 Å². The molecule has 0 atom stereocenters. The van der Waals surface area contributed by atoms with Gasteiger partial charge in [0, 0.05) is 0 Å². The SMILES string of the molecule is CCCCCCCCCCCC[N+](C)(C)CCCCCS(=O)(=O)c1cccc(C)c1.[Br-]. The molecule has 1 aromatic carbocycles. The molecule has 3 nitrogen and oxygen atoms in total. The lowest BCUT2D eigenvalue weighted by Gasteiger charge is -2.30. The highest BCUT2D eigenvalue weighted by molar-refractivity contribution is 7.91. The Morgan fingerprint density at radius 3 is 1.74 bits per heavy atom. The van der Waals surface area contributed by atoms with Crippen LogP contribution in [-0.2, 0) is 9.84 Å². The van der Waals surface area contributed by atoms with Gasteiger partial charge in [-0.1, -0.05) is 70.4 Å². The molecule has 0 spiro atoms. The Morgan fingerprint density at radius 2 is 1.23 bits per heavy atom. The lowest BCUT2D eigenvalue weighted by molar-refractivity contribution is -0.890. The van der Waals surface area contributed by atoms with Crippen LogP contribution in [0.15, 0.2) is 29.2 Å². The molecular weight excluding hydrogens is 470 g/mol. The zero-order valence-electron chi connectivity index (χ0n) is 20.7. The second-order valence-electron chi connectivity index (χ2n) is 9.76. The molecule has 0 fully saturated rings. The summed E-state index contributed by atoms with van der Waals surface area (Å²) in [6, 6.07) is 7.26. The van der Waals surface area contributed by atoms with Gasteiger partial charge in [-0.25, -0.2) is 8.42 Å². The van der Waals surface area contributed by atoms with E-state index in [1.165, 1.54) is 70.8 Å². The first-order chi connectivity index (χ1) is 14.3. The molecule has 0 aliphatic rings. The summed E-state index contributed by atoms with van der Waals surface area (Å²) in [6.07, 6.45) is 16.7. The quantitative estimate of drug-likeness (QED) is 0.218. The Balaban J connectivity index is 0.00000900. The third-order valence-corrected chi connectivity index (χ3v) is 7.94. The van der Waals surface area contributed by atoms with Gasteiger partial charge in [-0.05, 0) is 56.7 Å². The van der Waals surface area contributed by atoms with Gasteiger partial charge in [0.25, 0.3) is 0 Å². The monoisotopic (exact) mass is 517 g/mol. The first-order valence-electron chi connectivity index (χ1n) is 12.4. The molecule has 0 aromatic heterocycles. The Labute approximate surface area is 204 Å². The van der Waals surface area contributed by atoms with Crippen molar-refractivity contribution in [1.29, 1.82) is 0 Å². The second-order valence-corrected chi connectivity index (χ2v) is 11.9. The maximum atomic E-state index is 12.5. The summed E-state index contributed by atoms with van der Waals surface area (Å²) in [5, 5.41) is 0. The van der Waals surface area contributed by atoms with Crippen LogP contribution in [0, 0.1) is 6.92 Å². The van der Waals surface area contributed by atoms with Crippen LogP contribution in [0.4, 0.5) is 0 Å². The van der Waals surface area contributed by atoms with Crippen LogP contribution in [0.1, 0.15) is 96.0 Å². The summed E-state index contributed by atoms with van der Waals surface area (Å²) in [5.41, 5.74) is 1.00. The molecule has 0 unspecified atom stereocenters. The molecular formula is C26H48BrNO2S. The maximum Gasteiger partial charge on any atom is 0.178 e. The molecule has 0 bridgehead atoms. The molecule has 182 valence electrons. The van der Waals surface area contributed by atoms with Crippen LogP contribution in [0.2, 0.25) is 0 Å². The summed E-state index contributed by atoms with van der Waals surface area (Å²) >= 11 is 0. The molecule has 5 heteroatoms. The number of hydrogen-bond acceptors (Lipinski definition) is 2. The van der Waals surface area contributed by atoms with Crippen molar-refractivity contribution in [2.24, 2.45) is 0 Å². The Morgan fingerprint density at radius 1 is 0.742 bits per heavy atom. The third-order valence-electron chi connectivity index (χ3n) is 6.14. The molecule has 0 radical (unpaired) electrons. The predicted molar refractivity (Wildman–Crippen MR) is 131 cm³/mol. The largest absolute Gasteiger partial charge is 1.00 e. The van der Waals surface area contributed by atoms with Crippen LogP contribution >= 0.6 is 0 Å². The van der Waals surface area contributed by atoms with Gasteiger partial charge < -0.3 is 21.5 Å². The van der Waals surface area contributed by atoms with E-state index in [1.54, 1.807) is 12.1 Å². The number of unbranched alkanes of at least 4 members (excludes halogenated alkanes) is 11. The van der Waals surface area contributed by atoms with Crippen LogP contribution in [0.25, 0.3) is 0 Å². The molecule has 0 aliphatic heterocycles. The number of benzene rings is 1. The Hall–Kier alpha value is -0.390. The molecule has 1 rings (SSSR count). The topological polar surface area (TPSA) is 34.1 Å². The average molecular weight is 519 g/mol. The minimum absolute atomic E-state index is 0. The van der Waals surface area contributed by atoms with Crippen molar-refractivity contribution in [2.45, 2.75) is 102 Å². The van der Waals surface area contributed by atoms with Crippen LogP contribution in [0.3, 0.4) is 0 Å². The zero-order valence-corrected chi connectivity index (χ0v) is 23.1. The van der Waals surface area contributed by atoms with Crippen LogP contribution < -0.4 is 17.0 Å². The van der Waals surface area contributed by atoms with Crippen molar-refractivity contribution in [3.63, 3.8) is 0 Å². The molecule has 31 heavy (non-hydrogen) atoms. The standard InChI is InChI=1S/C26H48NO2S.BrH/c1-5-6-7-8-9-10-11-12-13-15-21-27(3,4)22-16-14-17-23-30(28,29)26-20-18-19-25(2)24-26;/h18-20,24H,5-17,21-23H2,1-4H3;1H/q+1;/p-1. The highest BCUT2D eigenvalue weighted by Crippen LogP contribution is 2.16. The van der Waals surface area contributed by atoms with Crippen molar-refractivity contribution in [3.05, 3.63) is 29.8 Å². The maximum absolute atomic E-state index is 12.5. The minimum atomic E-state index is -3.14. The molecule has 0 amide bonds. The average Bonchev–Trinajstić information content (AvgIpc) is 2.69. The first-order valence-corrected chi connectivity index (χ1v) is 14.0. The molecule has 0 saturated heterocycles. The molecule has 0 saturated carbocycles. The fourth-order valence-corrected chi connectivity index (χ4v) is 5.55. The number of aryl methyl sites for hydroxylation is 1. The van der Waals surface area contributed by atoms with Gasteiger partial charge in [-0.15, -0.1) is 0 Å². The minimum Gasteiger partial charge on any atom is -1.00 e. The molecule has 1 aromatic rings. The Kier molecular flexibility index (Phi) is 16.9. The lowest BCUT2D eigenvalue weighted by Crippen LogP contribution is -3.00. The number of rotatable bonds is 18. The molecule has 0 heterocycles. The lowest BCUT2D eigenvalue weighted by atomic mass is 10.1. The van der Waals surface area contributed by atoms with Crippen LogP contribution in [-0.4, -0.2) is 45.8 Å². The van der Waals surface area contributed by atoms with Crippen molar-refractivity contribution < 1.29 is 29.9 Å². The third kappa shape index (κ3) is 15.1. The van der Waals surface area contributed by atoms with E-state index in [0.717, 1.165) is 35.9 Å². The van der Waals surface area contributed by atoms with Gasteiger partial charge in [-0.3, -0.25) is 0 Å². The van der Waals surface area contributed by atoms with Gasteiger partial charge in [0.2, 0.25) is 0 Å². The number of sulfone groups is 1. The summed E-state index contributed by atoms with van der Waals surface area (Å²) in [5.74, 6) is 0.266.